The van der Waals surface area contributed by atoms with Crippen molar-refractivity contribution in [1.29, 1.82) is 0 Å². The molecule has 1 amide bonds. The second-order valence-electron chi connectivity index (χ2n) is 2.57. The largest absolute Gasteiger partial charge is 0.465 e. The van der Waals surface area contributed by atoms with Gasteiger partial charge in [-0.1, -0.05) is 0 Å². The van der Waals surface area contributed by atoms with E-state index in [0.29, 0.717) is 0 Å². The monoisotopic (exact) mass is 161 g/mol. The first-order valence-electron chi connectivity index (χ1n) is 3.77. The second-order valence-corrected chi connectivity index (χ2v) is 2.57. The van der Waals surface area contributed by atoms with E-state index >= 15 is 0 Å². The summed E-state index contributed by atoms with van der Waals surface area (Å²) >= 11 is 0. The van der Waals surface area contributed by atoms with Crippen molar-refractivity contribution in [3.63, 3.8) is 0 Å². The van der Waals surface area contributed by atoms with Crippen molar-refractivity contribution >= 4 is 6.09 Å². The van der Waals surface area contributed by atoms with Crippen LogP contribution >= 0.6 is 0 Å². The molecule has 0 saturated carbocycles. The predicted octanol–water partition coefficient (Wildman–Crippen LogP) is 0.805. The van der Waals surface area contributed by atoms with E-state index in [9.17, 15) is 4.79 Å². The zero-order valence-corrected chi connectivity index (χ0v) is 6.71. The molecule has 1 unspecified atom stereocenters. The number of nitrogens with one attached hydrogen (secondary N) is 1. The van der Waals surface area contributed by atoms with Gasteiger partial charge in [0, 0.05) is 12.6 Å². The van der Waals surface area contributed by atoms with Gasteiger partial charge >= 0.3 is 6.09 Å². The van der Waals surface area contributed by atoms with Gasteiger partial charge in [0.05, 0.1) is 0 Å². The number of aliphatic hydroxyl groups is 1. The molecule has 11 heavy (non-hydrogen) atoms. The van der Waals surface area contributed by atoms with Gasteiger partial charge in [-0.25, -0.2) is 4.79 Å². The lowest BCUT2D eigenvalue weighted by Crippen LogP contribution is -2.30. The van der Waals surface area contributed by atoms with Gasteiger partial charge < -0.3 is 15.5 Å². The minimum absolute atomic E-state index is 0.0148. The van der Waals surface area contributed by atoms with Gasteiger partial charge in [0.15, 0.2) is 0 Å². The van der Waals surface area contributed by atoms with E-state index in [-0.39, 0.29) is 12.6 Å². The van der Waals surface area contributed by atoms with E-state index in [1.54, 1.807) is 0 Å². The predicted molar refractivity (Wildman–Crippen MR) is 41.6 cm³/mol. The molecule has 0 aromatic heterocycles. The molecule has 0 bridgehead atoms. The van der Waals surface area contributed by atoms with Crippen LogP contribution in [0.3, 0.4) is 0 Å². The van der Waals surface area contributed by atoms with Gasteiger partial charge in [-0.05, 0) is 26.2 Å². The third-order valence-corrected chi connectivity index (χ3v) is 1.42. The van der Waals surface area contributed by atoms with Crippen molar-refractivity contribution in [3.05, 3.63) is 0 Å². The summed E-state index contributed by atoms with van der Waals surface area (Å²) in [5.41, 5.74) is 0. The Balaban J connectivity index is 3.22. The maximum absolute atomic E-state index is 10.1. The number of carbonyl (C=O) groups is 1. The number of hydrogen-bond donors (Lipinski definition) is 3. The number of carboxylic acid groups (broad SMARTS) is 1. The molecular weight excluding hydrogens is 146 g/mol. The summed E-state index contributed by atoms with van der Waals surface area (Å²) in [6, 6.07) is -0.0148. The molecule has 0 aromatic rings. The smallest absolute Gasteiger partial charge is 0.404 e. The third kappa shape index (κ3) is 7.12. The zero-order chi connectivity index (χ0) is 8.69. The molecule has 0 saturated heterocycles. The summed E-state index contributed by atoms with van der Waals surface area (Å²) < 4.78 is 0. The Morgan fingerprint density at radius 3 is 2.64 bits per heavy atom. The topological polar surface area (TPSA) is 69.6 Å². The second kappa shape index (κ2) is 5.97. The molecule has 0 aliphatic rings. The maximum atomic E-state index is 10.1. The summed E-state index contributed by atoms with van der Waals surface area (Å²) in [7, 11) is 0. The first-order valence-corrected chi connectivity index (χ1v) is 3.77. The third-order valence-electron chi connectivity index (χ3n) is 1.42. The van der Waals surface area contributed by atoms with Crippen LogP contribution in [-0.2, 0) is 0 Å². The lowest BCUT2D eigenvalue weighted by molar-refractivity contribution is 0.189. The Morgan fingerprint density at radius 2 is 2.18 bits per heavy atom. The van der Waals surface area contributed by atoms with Crippen molar-refractivity contribution in [2.45, 2.75) is 32.2 Å². The van der Waals surface area contributed by atoms with Crippen LogP contribution in [0.25, 0.3) is 0 Å². The van der Waals surface area contributed by atoms with Crippen molar-refractivity contribution in [2.24, 2.45) is 0 Å². The lowest BCUT2D eigenvalue weighted by atomic mass is 10.1. The molecule has 4 heteroatoms. The van der Waals surface area contributed by atoms with Crippen LogP contribution in [0.15, 0.2) is 0 Å². The molecule has 0 aromatic carbocycles. The Kier molecular flexibility index (Phi) is 5.56. The fourth-order valence-electron chi connectivity index (χ4n) is 0.845. The van der Waals surface area contributed by atoms with Crippen molar-refractivity contribution < 1.29 is 15.0 Å². The highest BCUT2D eigenvalue weighted by atomic mass is 16.4. The molecule has 1 atom stereocenters. The summed E-state index contributed by atoms with van der Waals surface area (Å²) in [5, 5.41) is 19.0. The quantitative estimate of drug-likeness (QED) is 0.522. The van der Waals surface area contributed by atoms with Gasteiger partial charge in [-0.15, -0.1) is 0 Å². The van der Waals surface area contributed by atoms with E-state index in [1.165, 1.54) is 0 Å². The lowest BCUT2D eigenvalue weighted by Gasteiger charge is -2.09. The van der Waals surface area contributed by atoms with E-state index in [0.717, 1.165) is 19.3 Å². The van der Waals surface area contributed by atoms with E-state index < -0.39 is 6.09 Å². The number of hydrogen-bond acceptors (Lipinski definition) is 2. The van der Waals surface area contributed by atoms with E-state index in [2.05, 4.69) is 5.32 Å². The van der Waals surface area contributed by atoms with Gasteiger partial charge in [0.2, 0.25) is 0 Å². The summed E-state index contributed by atoms with van der Waals surface area (Å²) in [6.45, 7) is 1.99. The molecule has 0 spiro atoms. The van der Waals surface area contributed by atoms with E-state index in [1.807, 2.05) is 6.92 Å². The number of unbranched alkanes of at least 4 members (excludes halogenated alkanes) is 1. The van der Waals surface area contributed by atoms with Crippen LogP contribution in [0, 0.1) is 0 Å². The van der Waals surface area contributed by atoms with Gasteiger partial charge in [0.1, 0.15) is 0 Å². The molecule has 0 rings (SSSR count). The average Bonchev–Trinajstić information content (AvgIpc) is 1.86. The minimum atomic E-state index is -0.985. The summed E-state index contributed by atoms with van der Waals surface area (Å²) in [5.74, 6) is 0. The Hall–Kier alpha value is -0.770. The molecule has 4 nitrogen and oxygen atoms in total. The van der Waals surface area contributed by atoms with Crippen LogP contribution in [-0.4, -0.2) is 29.0 Å². The molecule has 0 aliphatic heterocycles. The molecule has 3 N–H and O–H groups in total. The van der Waals surface area contributed by atoms with Crippen LogP contribution in [0.2, 0.25) is 0 Å². The molecular formula is C7H15NO3. The van der Waals surface area contributed by atoms with Gasteiger partial charge in [0.25, 0.3) is 0 Å². The number of amides is 1. The summed E-state index contributed by atoms with van der Waals surface area (Å²) in [6.07, 6.45) is 1.40. The molecule has 0 fully saturated rings. The van der Waals surface area contributed by atoms with E-state index in [4.69, 9.17) is 10.2 Å². The minimum Gasteiger partial charge on any atom is -0.465 e. The molecule has 66 valence electrons. The van der Waals surface area contributed by atoms with Gasteiger partial charge in [-0.3, -0.25) is 0 Å². The fraction of sp³-hybridized carbons (Fsp3) is 0.857. The van der Waals surface area contributed by atoms with Crippen LogP contribution < -0.4 is 5.32 Å². The Morgan fingerprint density at radius 1 is 1.55 bits per heavy atom. The van der Waals surface area contributed by atoms with Crippen molar-refractivity contribution in [2.75, 3.05) is 6.61 Å². The molecule has 0 heterocycles. The molecule has 0 radical (unpaired) electrons. The Bertz CT molecular complexity index is 116. The highest BCUT2D eigenvalue weighted by molar-refractivity contribution is 5.64. The number of aliphatic hydroxyl groups excluding tert-OH is 1. The Labute approximate surface area is 66.2 Å². The standard InChI is InChI=1S/C7H15NO3/c1-6(8-7(10)11)4-2-3-5-9/h6,8-9H,2-5H2,1H3,(H,10,11). The van der Waals surface area contributed by atoms with Crippen molar-refractivity contribution in [3.8, 4) is 0 Å². The fourth-order valence-corrected chi connectivity index (χ4v) is 0.845. The van der Waals surface area contributed by atoms with Gasteiger partial charge in [-0.2, -0.15) is 0 Å². The maximum Gasteiger partial charge on any atom is 0.404 e. The number of rotatable bonds is 5. The van der Waals surface area contributed by atoms with Crippen LogP contribution in [0.1, 0.15) is 26.2 Å². The average molecular weight is 161 g/mol. The SMILES string of the molecule is CC(CCCCO)NC(=O)O. The van der Waals surface area contributed by atoms with Crippen LogP contribution in [0.4, 0.5) is 4.79 Å². The highest BCUT2D eigenvalue weighted by Crippen LogP contribution is 1.98. The van der Waals surface area contributed by atoms with Crippen LogP contribution in [0.5, 0.6) is 0 Å². The first kappa shape index (κ1) is 10.2. The first-order chi connectivity index (χ1) is 5.16. The molecule has 0 aliphatic carbocycles. The van der Waals surface area contributed by atoms with Crippen molar-refractivity contribution in [1.82, 2.24) is 5.32 Å². The zero-order valence-electron chi connectivity index (χ0n) is 6.71. The normalized spacial score (nSPS) is 12.5. The highest BCUT2D eigenvalue weighted by Gasteiger charge is 2.03. The summed E-state index contributed by atoms with van der Waals surface area (Å²) in [4.78, 5) is 10.1.